The lowest BCUT2D eigenvalue weighted by Gasteiger charge is -2.09. The zero-order chi connectivity index (χ0) is 18.2. The predicted molar refractivity (Wildman–Crippen MR) is 94.7 cm³/mol. The summed E-state index contributed by atoms with van der Waals surface area (Å²) >= 11 is 11.9. The number of allylic oxidation sites excluding steroid dienone is 2. The summed E-state index contributed by atoms with van der Waals surface area (Å²) in [6.07, 6.45) is 0. The highest BCUT2D eigenvalue weighted by Gasteiger charge is 2.07. The quantitative estimate of drug-likeness (QED) is 0.764. The Balaban J connectivity index is 2.05. The summed E-state index contributed by atoms with van der Waals surface area (Å²) in [6, 6.07) is 17.0. The highest BCUT2D eigenvalue weighted by atomic mass is 35.5. The van der Waals surface area contributed by atoms with Crippen molar-refractivity contribution in [3.05, 3.63) is 69.3 Å². The van der Waals surface area contributed by atoms with Gasteiger partial charge in [0.1, 0.15) is 36.3 Å². The number of nitrogens with zero attached hydrogens (tertiary/aromatic N) is 3. The second-order valence-corrected chi connectivity index (χ2v) is 5.60. The van der Waals surface area contributed by atoms with E-state index in [9.17, 15) is 0 Å². The zero-order valence-electron chi connectivity index (χ0n) is 12.8. The summed E-state index contributed by atoms with van der Waals surface area (Å²) in [5, 5.41) is 30.4. The predicted octanol–water partition coefficient (Wildman–Crippen LogP) is 4.81. The van der Waals surface area contributed by atoms with Gasteiger partial charge in [-0.2, -0.15) is 15.8 Å². The van der Waals surface area contributed by atoms with E-state index in [4.69, 9.17) is 43.7 Å². The molecule has 0 aromatic heterocycles. The molecule has 1 N–H and O–H groups in total. The maximum Gasteiger partial charge on any atom is 0.163 e. The molecule has 0 aliphatic rings. The lowest BCUT2D eigenvalue weighted by atomic mass is 10.2. The van der Waals surface area contributed by atoms with Crippen molar-refractivity contribution in [1.29, 1.82) is 15.8 Å². The number of hydrogen-bond donors (Lipinski definition) is 1. The number of hydrogen-bond acceptors (Lipinski definition) is 5. The fraction of sp³-hybridized carbons (Fsp3) is 0.0556. The molecule has 5 nitrogen and oxygen atoms in total. The fourth-order valence-electron chi connectivity index (χ4n) is 1.86. The molecule has 0 aliphatic heterocycles. The molecule has 25 heavy (non-hydrogen) atoms. The van der Waals surface area contributed by atoms with Gasteiger partial charge in [-0.1, -0.05) is 29.3 Å². The number of halogens is 2. The summed E-state index contributed by atoms with van der Waals surface area (Å²) < 4.78 is 5.65. The average molecular weight is 369 g/mol. The number of rotatable bonds is 5. The van der Waals surface area contributed by atoms with Crippen LogP contribution in [0.3, 0.4) is 0 Å². The Kier molecular flexibility index (Phi) is 6.26. The van der Waals surface area contributed by atoms with Crippen LogP contribution >= 0.6 is 23.2 Å². The maximum absolute atomic E-state index is 9.01. The van der Waals surface area contributed by atoms with Crippen molar-refractivity contribution in [2.75, 3.05) is 5.32 Å². The third-order valence-electron chi connectivity index (χ3n) is 3.12. The topological polar surface area (TPSA) is 92.6 Å². The smallest absolute Gasteiger partial charge is 0.163 e. The Bertz CT molecular complexity index is 916. The van der Waals surface area contributed by atoms with Crippen LogP contribution < -0.4 is 10.1 Å². The molecule has 122 valence electrons. The van der Waals surface area contributed by atoms with Crippen molar-refractivity contribution < 1.29 is 4.74 Å². The molecule has 2 aromatic rings. The lowest BCUT2D eigenvalue weighted by molar-refractivity contribution is 0.306. The summed E-state index contributed by atoms with van der Waals surface area (Å²) in [7, 11) is 0. The van der Waals surface area contributed by atoms with Gasteiger partial charge in [-0.15, -0.1) is 0 Å². The molecule has 0 amide bonds. The maximum atomic E-state index is 9.01. The van der Waals surface area contributed by atoms with Gasteiger partial charge in [0.2, 0.25) is 0 Å². The number of ether oxygens (including phenoxy) is 1. The zero-order valence-corrected chi connectivity index (χ0v) is 14.3. The highest BCUT2D eigenvalue weighted by Crippen LogP contribution is 2.23. The van der Waals surface area contributed by atoms with Crippen LogP contribution in [-0.2, 0) is 6.61 Å². The molecule has 0 saturated heterocycles. The third kappa shape index (κ3) is 4.90. The van der Waals surface area contributed by atoms with Gasteiger partial charge in [0.25, 0.3) is 0 Å². The van der Waals surface area contributed by atoms with E-state index in [1.807, 2.05) is 0 Å². The van der Waals surface area contributed by atoms with Gasteiger partial charge in [0.05, 0.1) is 0 Å². The Morgan fingerprint density at radius 3 is 2.20 bits per heavy atom. The van der Waals surface area contributed by atoms with Crippen LogP contribution in [0.2, 0.25) is 10.0 Å². The van der Waals surface area contributed by atoms with Crippen molar-refractivity contribution in [2.45, 2.75) is 6.61 Å². The molecule has 2 rings (SSSR count). The highest BCUT2D eigenvalue weighted by molar-refractivity contribution is 6.35. The van der Waals surface area contributed by atoms with Crippen LogP contribution in [0, 0.1) is 34.0 Å². The van der Waals surface area contributed by atoms with Crippen molar-refractivity contribution in [3.63, 3.8) is 0 Å². The first-order valence-corrected chi connectivity index (χ1v) is 7.71. The lowest BCUT2D eigenvalue weighted by Crippen LogP contribution is -2.01. The molecule has 0 unspecified atom stereocenters. The fourth-order valence-corrected chi connectivity index (χ4v) is 2.32. The number of benzene rings is 2. The molecule has 0 atom stereocenters. The Hall–Kier alpha value is -3.17. The van der Waals surface area contributed by atoms with Crippen molar-refractivity contribution >= 4 is 28.9 Å². The van der Waals surface area contributed by atoms with Crippen LogP contribution in [0.25, 0.3) is 0 Å². The van der Waals surface area contributed by atoms with E-state index in [-0.39, 0.29) is 17.9 Å². The molecule has 2 aromatic carbocycles. The molecule has 0 bridgehead atoms. The van der Waals surface area contributed by atoms with Gasteiger partial charge in [-0.25, -0.2) is 0 Å². The van der Waals surface area contributed by atoms with Gasteiger partial charge in [0.15, 0.2) is 5.57 Å². The molecule has 0 fully saturated rings. The van der Waals surface area contributed by atoms with E-state index >= 15 is 0 Å². The van der Waals surface area contributed by atoms with E-state index in [0.717, 1.165) is 5.56 Å². The van der Waals surface area contributed by atoms with Crippen LogP contribution in [-0.4, -0.2) is 0 Å². The summed E-state index contributed by atoms with van der Waals surface area (Å²) in [5.74, 6) is 0.597. The monoisotopic (exact) mass is 368 g/mol. The van der Waals surface area contributed by atoms with E-state index in [1.165, 1.54) is 0 Å². The second-order valence-electron chi connectivity index (χ2n) is 4.76. The van der Waals surface area contributed by atoms with Crippen LogP contribution in [0.4, 0.5) is 5.69 Å². The molecular formula is C18H10Cl2N4O. The van der Waals surface area contributed by atoms with Gasteiger partial charge >= 0.3 is 0 Å². The average Bonchev–Trinajstić information content (AvgIpc) is 2.62. The molecular weight excluding hydrogens is 359 g/mol. The largest absolute Gasteiger partial charge is 0.489 e. The standard InChI is InChI=1S/C18H10Cl2N4O/c19-14-2-1-12(17(20)7-14)11-25-16-5-3-15(4-6-16)24-18(10-23)13(8-21)9-22/h1-7,24H,11H2. The van der Waals surface area contributed by atoms with Gasteiger partial charge in [0, 0.05) is 21.3 Å². The molecule has 0 aliphatic carbocycles. The summed E-state index contributed by atoms with van der Waals surface area (Å²) in [4.78, 5) is 0. The number of nitriles is 3. The van der Waals surface area contributed by atoms with Gasteiger partial charge < -0.3 is 10.1 Å². The SMILES string of the molecule is N#CC(C#N)=C(C#N)Nc1ccc(OCc2ccc(Cl)cc2Cl)cc1. The van der Waals surface area contributed by atoms with Crippen LogP contribution in [0.1, 0.15) is 5.56 Å². The van der Waals surface area contributed by atoms with E-state index in [1.54, 1.807) is 60.7 Å². The van der Waals surface area contributed by atoms with Crippen molar-refractivity contribution in [1.82, 2.24) is 0 Å². The molecule has 7 heteroatoms. The van der Waals surface area contributed by atoms with E-state index < -0.39 is 0 Å². The summed E-state index contributed by atoms with van der Waals surface area (Å²) in [5.41, 5.74) is 0.971. The minimum Gasteiger partial charge on any atom is -0.489 e. The number of nitrogens with one attached hydrogen (secondary N) is 1. The summed E-state index contributed by atoms with van der Waals surface area (Å²) in [6.45, 7) is 0.277. The number of anilines is 1. The molecule has 0 radical (unpaired) electrons. The first-order valence-electron chi connectivity index (χ1n) is 6.95. The van der Waals surface area contributed by atoms with Crippen LogP contribution in [0.5, 0.6) is 5.75 Å². The normalized spacial score (nSPS) is 9.24. The minimum absolute atomic E-state index is 0.105. The second kappa shape index (κ2) is 8.62. The van der Waals surface area contributed by atoms with Crippen molar-refractivity contribution in [3.8, 4) is 24.0 Å². The Morgan fingerprint density at radius 1 is 0.960 bits per heavy atom. The first-order chi connectivity index (χ1) is 12.1. The molecule has 0 spiro atoms. The molecule has 0 saturated carbocycles. The van der Waals surface area contributed by atoms with Gasteiger partial charge in [-0.05, 0) is 36.4 Å². The minimum atomic E-state index is -0.278. The van der Waals surface area contributed by atoms with Crippen LogP contribution in [0.15, 0.2) is 53.7 Å². The van der Waals surface area contributed by atoms with E-state index in [2.05, 4.69) is 5.32 Å². The van der Waals surface area contributed by atoms with Gasteiger partial charge in [-0.3, -0.25) is 0 Å². The molecule has 0 heterocycles. The van der Waals surface area contributed by atoms with Crippen molar-refractivity contribution in [2.24, 2.45) is 0 Å². The first kappa shape index (κ1) is 18.2. The third-order valence-corrected chi connectivity index (χ3v) is 3.71. The Morgan fingerprint density at radius 2 is 1.64 bits per heavy atom. The van der Waals surface area contributed by atoms with E-state index in [0.29, 0.717) is 21.5 Å². The Labute approximate surface area is 154 Å².